The van der Waals surface area contributed by atoms with Crippen LogP contribution in [0.15, 0.2) is 0 Å². The smallest absolute Gasteiger partial charge is 0.353 e. The lowest BCUT2D eigenvalue weighted by Crippen LogP contribution is -2.41. The van der Waals surface area contributed by atoms with Gasteiger partial charge in [-0.15, -0.1) is 0 Å². The molecule has 88 valence electrons. The molecule has 0 aromatic rings. The van der Waals surface area contributed by atoms with Crippen molar-refractivity contribution in [2.75, 3.05) is 0 Å². The Morgan fingerprint density at radius 1 is 1.40 bits per heavy atom. The zero-order valence-corrected chi connectivity index (χ0v) is 8.73. The lowest BCUT2D eigenvalue weighted by molar-refractivity contribution is -0.184. The van der Waals surface area contributed by atoms with Crippen LogP contribution in [0.5, 0.6) is 0 Å². The number of alkyl halides is 3. The van der Waals surface area contributed by atoms with Gasteiger partial charge in [0.05, 0.1) is 5.92 Å². The van der Waals surface area contributed by atoms with E-state index in [9.17, 15) is 18.0 Å². The summed E-state index contributed by atoms with van der Waals surface area (Å²) in [5.41, 5.74) is 0. The number of nitrogens with one attached hydrogen (secondary N) is 1. The average molecular weight is 223 g/mol. The standard InChI is InChI=1S/C10H16F3NO/c1-2-9(15)14-8-5-3-4-7(6-8)10(11,12)13/h7-8H,2-6H2,1H3,(H,14,15)/t7-,8-/m1/s1. The van der Waals surface area contributed by atoms with Gasteiger partial charge in [0.15, 0.2) is 0 Å². The van der Waals surface area contributed by atoms with E-state index in [0.717, 1.165) is 0 Å². The van der Waals surface area contributed by atoms with Crippen molar-refractivity contribution >= 4 is 5.91 Å². The zero-order valence-electron chi connectivity index (χ0n) is 8.73. The third kappa shape index (κ3) is 3.72. The molecule has 0 aromatic carbocycles. The highest BCUT2D eigenvalue weighted by atomic mass is 19.4. The van der Waals surface area contributed by atoms with Gasteiger partial charge >= 0.3 is 6.18 Å². The fraction of sp³-hybridized carbons (Fsp3) is 0.900. The molecule has 0 bridgehead atoms. The molecule has 0 saturated heterocycles. The average Bonchev–Trinajstić information content (AvgIpc) is 2.17. The Kier molecular flexibility index (Phi) is 3.99. The van der Waals surface area contributed by atoms with Crippen molar-refractivity contribution in [1.29, 1.82) is 0 Å². The molecule has 1 saturated carbocycles. The largest absolute Gasteiger partial charge is 0.391 e. The van der Waals surface area contributed by atoms with Crippen molar-refractivity contribution in [2.24, 2.45) is 5.92 Å². The number of amides is 1. The number of hydrogen-bond donors (Lipinski definition) is 1. The Bertz CT molecular complexity index is 227. The maximum atomic E-state index is 12.4. The SMILES string of the molecule is CCC(=O)N[C@@H]1CCC[C@@H](C(F)(F)F)C1. The second-order valence-corrected chi connectivity index (χ2v) is 4.02. The molecule has 0 aromatic heterocycles. The minimum absolute atomic E-state index is 0.0369. The number of halogens is 3. The van der Waals surface area contributed by atoms with E-state index < -0.39 is 12.1 Å². The number of hydrogen-bond acceptors (Lipinski definition) is 1. The highest BCUT2D eigenvalue weighted by Crippen LogP contribution is 2.37. The quantitative estimate of drug-likeness (QED) is 0.766. The molecule has 0 spiro atoms. The second-order valence-electron chi connectivity index (χ2n) is 4.02. The molecule has 1 fully saturated rings. The van der Waals surface area contributed by atoms with E-state index in [-0.39, 0.29) is 24.8 Å². The van der Waals surface area contributed by atoms with Gasteiger partial charge in [0.25, 0.3) is 0 Å². The normalized spacial score (nSPS) is 27.5. The zero-order chi connectivity index (χ0) is 11.5. The van der Waals surface area contributed by atoms with Crippen LogP contribution in [0.2, 0.25) is 0 Å². The van der Waals surface area contributed by atoms with E-state index in [1.165, 1.54) is 0 Å². The van der Waals surface area contributed by atoms with Gasteiger partial charge in [0, 0.05) is 12.5 Å². The number of carbonyl (C=O) groups excluding carboxylic acids is 1. The van der Waals surface area contributed by atoms with Crippen LogP contribution in [0.1, 0.15) is 39.0 Å². The van der Waals surface area contributed by atoms with Crippen LogP contribution in [0, 0.1) is 5.92 Å². The summed E-state index contributed by atoms with van der Waals surface area (Å²) in [7, 11) is 0. The molecule has 1 rings (SSSR count). The predicted molar refractivity (Wildman–Crippen MR) is 50.2 cm³/mol. The van der Waals surface area contributed by atoms with Gasteiger partial charge in [-0.25, -0.2) is 0 Å². The molecule has 15 heavy (non-hydrogen) atoms. The summed E-state index contributed by atoms with van der Waals surface area (Å²) in [6.45, 7) is 1.69. The fourth-order valence-electron chi connectivity index (χ4n) is 1.95. The van der Waals surface area contributed by atoms with Crippen LogP contribution in [0.25, 0.3) is 0 Å². The summed E-state index contributed by atoms with van der Waals surface area (Å²) in [5.74, 6) is -1.41. The minimum Gasteiger partial charge on any atom is -0.353 e. The molecule has 0 unspecified atom stereocenters. The van der Waals surface area contributed by atoms with Crippen LogP contribution in [0.4, 0.5) is 13.2 Å². The molecular formula is C10H16F3NO. The number of carbonyl (C=O) groups is 1. The van der Waals surface area contributed by atoms with Crippen LogP contribution in [-0.2, 0) is 4.79 Å². The minimum atomic E-state index is -4.12. The Balaban J connectivity index is 2.46. The maximum Gasteiger partial charge on any atom is 0.391 e. The molecule has 0 radical (unpaired) electrons. The van der Waals surface area contributed by atoms with Crippen LogP contribution in [-0.4, -0.2) is 18.1 Å². The third-order valence-electron chi connectivity index (χ3n) is 2.82. The van der Waals surface area contributed by atoms with Gasteiger partial charge in [-0.3, -0.25) is 4.79 Å². The molecule has 1 N–H and O–H groups in total. The van der Waals surface area contributed by atoms with E-state index in [1.807, 2.05) is 0 Å². The summed E-state index contributed by atoms with van der Waals surface area (Å²) in [5, 5.41) is 2.63. The summed E-state index contributed by atoms with van der Waals surface area (Å²) >= 11 is 0. The molecule has 2 nitrogen and oxygen atoms in total. The van der Waals surface area contributed by atoms with Crippen molar-refractivity contribution < 1.29 is 18.0 Å². The summed E-state index contributed by atoms with van der Waals surface area (Å²) in [6, 6.07) is -0.294. The lowest BCUT2D eigenvalue weighted by Gasteiger charge is -2.30. The van der Waals surface area contributed by atoms with E-state index in [0.29, 0.717) is 19.3 Å². The van der Waals surface area contributed by atoms with Crippen molar-refractivity contribution in [3.8, 4) is 0 Å². The Morgan fingerprint density at radius 2 is 2.07 bits per heavy atom. The highest BCUT2D eigenvalue weighted by molar-refractivity contribution is 5.75. The van der Waals surface area contributed by atoms with Crippen LogP contribution < -0.4 is 5.32 Å². The lowest BCUT2D eigenvalue weighted by atomic mass is 9.85. The molecular weight excluding hydrogens is 207 g/mol. The van der Waals surface area contributed by atoms with Gasteiger partial charge in [-0.1, -0.05) is 13.3 Å². The first-order chi connectivity index (χ1) is 6.93. The first kappa shape index (κ1) is 12.3. The summed E-state index contributed by atoms with van der Waals surface area (Å²) < 4.78 is 37.3. The number of rotatable bonds is 2. The van der Waals surface area contributed by atoms with Crippen molar-refractivity contribution in [3.63, 3.8) is 0 Å². The van der Waals surface area contributed by atoms with Gasteiger partial charge < -0.3 is 5.32 Å². The Hall–Kier alpha value is -0.740. The topological polar surface area (TPSA) is 29.1 Å². The monoisotopic (exact) mass is 223 g/mol. The fourth-order valence-corrected chi connectivity index (χ4v) is 1.95. The second kappa shape index (κ2) is 4.86. The predicted octanol–water partition coefficient (Wildman–Crippen LogP) is 2.63. The maximum absolute atomic E-state index is 12.4. The van der Waals surface area contributed by atoms with Crippen LogP contribution in [0.3, 0.4) is 0 Å². The van der Waals surface area contributed by atoms with Crippen molar-refractivity contribution in [1.82, 2.24) is 5.32 Å². The van der Waals surface area contributed by atoms with Gasteiger partial charge in [0.1, 0.15) is 0 Å². The van der Waals surface area contributed by atoms with Crippen molar-refractivity contribution in [3.05, 3.63) is 0 Å². The van der Waals surface area contributed by atoms with E-state index in [1.54, 1.807) is 6.92 Å². The Labute approximate surface area is 87.2 Å². The van der Waals surface area contributed by atoms with Crippen LogP contribution >= 0.6 is 0 Å². The van der Waals surface area contributed by atoms with Crippen molar-refractivity contribution in [2.45, 2.75) is 51.2 Å². The molecule has 5 heteroatoms. The van der Waals surface area contributed by atoms with E-state index >= 15 is 0 Å². The third-order valence-corrected chi connectivity index (χ3v) is 2.82. The first-order valence-corrected chi connectivity index (χ1v) is 5.29. The molecule has 0 aliphatic heterocycles. The summed E-state index contributed by atoms with van der Waals surface area (Å²) in [4.78, 5) is 11.0. The molecule has 1 aliphatic carbocycles. The highest BCUT2D eigenvalue weighted by Gasteiger charge is 2.42. The first-order valence-electron chi connectivity index (χ1n) is 5.29. The Morgan fingerprint density at radius 3 is 2.60 bits per heavy atom. The summed E-state index contributed by atoms with van der Waals surface area (Å²) in [6.07, 6.45) is -2.35. The molecule has 2 atom stereocenters. The van der Waals surface area contributed by atoms with E-state index in [4.69, 9.17) is 0 Å². The van der Waals surface area contributed by atoms with Gasteiger partial charge in [-0.05, 0) is 19.3 Å². The van der Waals surface area contributed by atoms with Gasteiger partial charge in [0.2, 0.25) is 5.91 Å². The molecule has 1 aliphatic rings. The van der Waals surface area contributed by atoms with Gasteiger partial charge in [-0.2, -0.15) is 13.2 Å². The molecule has 1 amide bonds. The molecule has 0 heterocycles. The van der Waals surface area contributed by atoms with E-state index in [2.05, 4.69) is 5.32 Å².